The Morgan fingerprint density at radius 3 is 2.47 bits per heavy atom. The highest BCUT2D eigenvalue weighted by molar-refractivity contribution is 5.41. The van der Waals surface area contributed by atoms with Crippen LogP contribution in [-0.4, -0.2) is 50.0 Å². The summed E-state index contributed by atoms with van der Waals surface area (Å²) in [6.45, 7) is 5.85. The number of hydrogen-bond donors (Lipinski definition) is 2. The third-order valence-electron chi connectivity index (χ3n) is 2.39. The van der Waals surface area contributed by atoms with E-state index in [0.717, 1.165) is 44.2 Å². The summed E-state index contributed by atoms with van der Waals surface area (Å²) in [6.07, 6.45) is 5.45. The second-order valence-corrected chi connectivity index (χ2v) is 4.10. The van der Waals surface area contributed by atoms with E-state index in [2.05, 4.69) is 27.5 Å². The van der Waals surface area contributed by atoms with Gasteiger partial charge in [-0.15, -0.1) is 0 Å². The van der Waals surface area contributed by atoms with Crippen LogP contribution < -0.4 is 10.6 Å². The molecule has 0 bridgehead atoms. The van der Waals surface area contributed by atoms with Crippen molar-refractivity contribution in [2.75, 3.05) is 50.7 Å². The lowest BCUT2D eigenvalue weighted by Gasteiger charge is -2.08. The van der Waals surface area contributed by atoms with E-state index >= 15 is 0 Å². The topological polar surface area (TPSA) is 68.3 Å². The van der Waals surface area contributed by atoms with Crippen LogP contribution in [0.15, 0.2) is 12.4 Å². The average molecular weight is 268 g/mol. The molecule has 0 aromatic carbocycles. The molecule has 1 aromatic rings. The largest absolute Gasteiger partial charge is 0.382 e. The Morgan fingerprint density at radius 1 is 1.05 bits per heavy atom. The first-order chi connectivity index (χ1) is 9.36. The first-order valence-electron chi connectivity index (χ1n) is 6.73. The maximum Gasteiger partial charge on any atom is 0.146 e. The van der Waals surface area contributed by atoms with Crippen LogP contribution >= 0.6 is 0 Å². The number of hydrogen-bond acceptors (Lipinski definition) is 6. The second-order valence-electron chi connectivity index (χ2n) is 4.10. The maximum atomic E-state index is 5.38. The summed E-state index contributed by atoms with van der Waals surface area (Å²) in [5, 5.41) is 6.43. The Kier molecular flexibility index (Phi) is 8.67. The van der Waals surface area contributed by atoms with Crippen molar-refractivity contribution in [3.05, 3.63) is 12.4 Å². The summed E-state index contributed by atoms with van der Waals surface area (Å²) in [5.74, 6) is 1.60. The molecule has 0 fully saturated rings. The molecule has 1 heterocycles. The zero-order chi connectivity index (χ0) is 13.8. The minimum absolute atomic E-state index is 0.643. The van der Waals surface area contributed by atoms with E-state index in [1.165, 1.54) is 0 Å². The first kappa shape index (κ1) is 15.7. The summed E-state index contributed by atoms with van der Waals surface area (Å²) >= 11 is 0. The molecule has 0 aliphatic heterocycles. The number of nitrogens with zero attached hydrogens (tertiary/aromatic N) is 2. The first-order valence-corrected chi connectivity index (χ1v) is 6.73. The van der Waals surface area contributed by atoms with E-state index in [-0.39, 0.29) is 0 Å². The van der Waals surface area contributed by atoms with Crippen molar-refractivity contribution in [2.45, 2.75) is 19.8 Å². The number of methoxy groups -OCH3 is 1. The third kappa shape index (κ3) is 7.58. The number of nitrogens with one attached hydrogen (secondary N) is 2. The van der Waals surface area contributed by atoms with E-state index in [0.29, 0.717) is 13.2 Å². The summed E-state index contributed by atoms with van der Waals surface area (Å²) in [5.41, 5.74) is 0. The molecule has 0 atom stereocenters. The minimum atomic E-state index is 0.643. The molecule has 2 N–H and O–H groups in total. The van der Waals surface area contributed by atoms with Gasteiger partial charge in [0.15, 0.2) is 0 Å². The van der Waals surface area contributed by atoms with E-state index < -0.39 is 0 Å². The molecular weight excluding hydrogens is 244 g/mol. The van der Waals surface area contributed by atoms with Gasteiger partial charge in [0.1, 0.15) is 11.6 Å². The van der Waals surface area contributed by atoms with Gasteiger partial charge in [-0.1, -0.05) is 6.92 Å². The fraction of sp³-hybridized carbons (Fsp3) is 0.692. The van der Waals surface area contributed by atoms with Crippen molar-refractivity contribution >= 4 is 11.6 Å². The molecule has 19 heavy (non-hydrogen) atoms. The van der Waals surface area contributed by atoms with Crippen molar-refractivity contribution in [2.24, 2.45) is 0 Å². The number of ether oxygens (including phenoxy) is 2. The van der Waals surface area contributed by atoms with Gasteiger partial charge >= 0.3 is 0 Å². The number of aromatic nitrogens is 2. The number of anilines is 2. The van der Waals surface area contributed by atoms with E-state index in [1.807, 2.05) is 0 Å². The molecule has 1 aromatic heterocycles. The van der Waals surface area contributed by atoms with E-state index in [1.54, 1.807) is 19.5 Å². The molecule has 108 valence electrons. The minimum Gasteiger partial charge on any atom is -0.382 e. The molecule has 0 radical (unpaired) electrons. The molecule has 0 saturated carbocycles. The lowest BCUT2D eigenvalue weighted by Crippen LogP contribution is -2.10. The monoisotopic (exact) mass is 268 g/mol. The van der Waals surface area contributed by atoms with Crippen LogP contribution in [0.3, 0.4) is 0 Å². The van der Waals surface area contributed by atoms with Crippen LogP contribution in [-0.2, 0) is 9.47 Å². The van der Waals surface area contributed by atoms with Crippen LogP contribution in [0.4, 0.5) is 11.6 Å². The van der Waals surface area contributed by atoms with Gasteiger partial charge in [-0.2, -0.15) is 0 Å². The summed E-state index contributed by atoms with van der Waals surface area (Å²) in [6, 6.07) is 0. The summed E-state index contributed by atoms with van der Waals surface area (Å²) in [4.78, 5) is 8.55. The lowest BCUT2D eigenvalue weighted by molar-refractivity contribution is 0.0705. The molecule has 0 unspecified atom stereocenters. The Morgan fingerprint density at radius 2 is 1.79 bits per heavy atom. The fourth-order valence-electron chi connectivity index (χ4n) is 1.42. The quantitative estimate of drug-likeness (QED) is 0.596. The van der Waals surface area contributed by atoms with Gasteiger partial charge in [0, 0.05) is 26.8 Å². The third-order valence-corrected chi connectivity index (χ3v) is 2.39. The van der Waals surface area contributed by atoms with Crippen molar-refractivity contribution < 1.29 is 9.47 Å². The fourth-order valence-corrected chi connectivity index (χ4v) is 1.42. The normalized spacial score (nSPS) is 10.4. The molecule has 6 nitrogen and oxygen atoms in total. The second kappa shape index (κ2) is 10.5. The van der Waals surface area contributed by atoms with Crippen molar-refractivity contribution in [1.82, 2.24) is 9.97 Å². The van der Waals surface area contributed by atoms with Crippen molar-refractivity contribution in [3.63, 3.8) is 0 Å². The van der Waals surface area contributed by atoms with Crippen molar-refractivity contribution in [3.8, 4) is 0 Å². The Hall–Kier alpha value is -1.40. The van der Waals surface area contributed by atoms with Crippen LogP contribution in [0, 0.1) is 0 Å². The summed E-state index contributed by atoms with van der Waals surface area (Å²) < 4.78 is 10.3. The van der Waals surface area contributed by atoms with E-state index in [9.17, 15) is 0 Å². The zero-order valence-electron chi connectivity index (χ0n) is 11.8. The average Bonchev–Trinajstić information content (AvgIpc) is 2.44. The van der Waals surface area contributed by atoms with Gasteiger partial charge in [-0.3, -0.25) is 4.98 Å². The standard InChI is InChI=1S/C13H24N4O2/c1-3-5-15-12-10-14-11-13(17-12)16-6-4-7-19-9-8-18-2/h10-11H,3-9H2,1-2H3,(H2,15,16,17). The summed E-state index contributed by atoms with van der Waals surface area (Å²) in [7, 11) is 1.67. The van der Waals surface area contributed by atoms with Gasteiger partial charge < -0.3 is 20.1 Å². The molecule has 0 spiro atoms. The SMILES string of the molecule is CCCNc1cncc(NCCCOCCOC)n1. The molecular formula is C13H24N4O2. The van der Waals surface area contributed by atoms with Crippen LogP contribution in [0.25, 0.3) is 0 Å². The molecule has 1 rings (SSSR count). The predicted octanol–water partition coefficient (Wildman–Crippen LogP) is 1.76. The van der Waals surface area contributed by atoms with Crippen LogP contribution in [0.1, 0.15) is 19.8 Å². The Labute approximate surface area is 114 Å². The molecule has 0 saturated heterocycles. The van der Waals surface area contributed by atoms with Crippen molar-refractivity contribution in [1.29, 1.82) is 0 Å². The van der Waals surface area contributed by atoms with Crippen LogP contribution in [0.5, 0.6) is 0 Å². The smallest absolute Gasteiger partial charge is 0.146 e. The predicted molar refractivity (Wildman–Crippen MR) is 76.6 cm³/mol. The van der Waals surface area contributed by atoms with E-state index in [4.69, 9.17) is 9.47 Å². The highest BCUT2D eigenvalue weighted by Crippen LogP contribution is 2.06. The van der Waals surface area contributed by atoms with Crippen LogP contribution in [0.2, 0.25) is 0 Å². The van der Waals surface area contributed by atoms with Gasteiger partial charge in [0.25, 0.3) is 0 Å². The molecule has 0 amide bonds. The zero-order valence-corrected chi connectivity index (χ0v) is 11.8. The lowest BCUT2D eigenvalue weighted by atomic mass is 10.4. The van der Waals surface area contributed by atoms with Gasteiger partial charge in [-0.25, -0.2) is 4.98 Å². The highest BCUT2D eigenvalue weighted by atomic mass is 16.5. The molecule has 0 aliphatic rings. The Bertz CT molecular complexity index is 336. The van der Waals surface area contributed by atoms with Gasteiger partial charge in [0.05, 0.1) is 25.6 Å². The molecule has 0 aliphatic carbocycles. The highest BCUT2D eigenvalue weighted by Gasteiger charge is 1.97. The van der Waals surface area contributed by atoms with Gasteiger partial charge in [0.2, 0.25) is 0 Å². The molecule has 6 heteroatoms. The van der Waals surface area contributed by atoms with Gasteiger partial charge in [-0.05, 0) is 12.8 Å². The Balaban J connectivity index is 2.14. The maximum absolute atomic E-state index is 5.38. The number of rotatable bonds is 11.